The van der Waals surface area contributed by atoms with Gasteiger partial charge in [-0.2, -0.15) is 13.2 Å². The number of piperidine rings is 1. The van der Waals surface area contributed by atoms with Crippen LogP contribution in [0.5, 0.6) is 5.75 Å². The zero-order chi connectivity index (χ0) is 37.9. The number of hydrogen-bond acceptors (Lipinski definition) is 9. The number of alkyl halides is 3. The van der Waals surface area contributed by atoms with E-state index in [2.05, 4.69) is 56.1 Å². The van der Waals surface area contributed by atoms with Crippen LogP contribution < -0.4 is 5.32 Å². The molecule has 3 N–H and O–H groups in total. The minimum atomic E-state index is -4.46. The summed E-state index contributed by atoms with van der Waals surface area (Å²) < 4.78 is 42.4. The highest BCUT2D eigenvalue weighted by Gasteiger charge is 2.56. The molecule has 5 fully saturated rings. The van der Waals surface area contributed by atoms with Gasteiger partial charge in [0.1, 0.15) is 11.6 Å². The first-order chi connectivity index (χ1) is 26.0. The highest BCUT2D eigenvalue weighted by molar-refractivity contribution is 5.41. The van der Waals surface area contributed by atoms with Gasteiger partial charge in [0.2, 0.25) is 0 Å². The van der Waals surface area contributed by atoms with Crippen LogP contribution in [0.4, 0.5) is 19.0 Å². The van der Waals surface area contributed by atoms with Gasteiger partial charge in [-0.15, -0.1) is 0 Å². The van der Waals surface area contributed by atoms with E-state index in [1.807, 2.05) is 6.07 Å². The topological polar surface area (TPSA) is 97.2 Å². The number of aromatic nitrogens is 2. The van der Waals surface area contributed by atoms with Crippen LogP contribution in [0.3, 0.4) is 0 Å². The minimum absolute atomic E-state index is 0.00142. The number of likely N-dealkylation sites (N-methyl/N-ethyl adjacent to an activating group) is 1. The maximum absolute atomic E-state index is 12.4. The third-order valence-corrected chi connectivity index (χ3v) is 14.1. The molecule has 0 spiro atoms. The lowest BCUT2D eigenvalue weighted by Crippen LogP contribution is -2.47. The molecule has 7 unspecified atom stereocenters. The molecule has 3 aliphatic carbocycles. The Morgan fingerprint density at radius 1 is 0.981 bits per heavy atom. The van der Waals surface area contributed by atoms with E-state index < -0.39 is 11.9 Å². The predicted octanol–water partition coefficient (Wildman–Crippen LogP) is 6.66. The molecule has 6 aliphatic rings. The Balaban J connectivity index is 0.000000222. The van der Waals surface area contributed by atoms with Crippen molar-refractivity contribution in [3.63, 3.8) is 0 Å². The van der Waals surface area contributed by atoms with Crippen molar-refractivity contribution in [2.24, 2.45) is 29.1 Å². The van der Waals surface area contributed by atoms with Gasteiger partial charge < -0.3 is 35.0 Å². The number of phenols is 1. The molecule has 2 saturated carbocycles. The Labute approximate surface area is 320 Å². The highest BCUT2D eigenvalue weighted by atomic mass is 19.4. The number of hydrogen-bond donors (Lipinski definition) is 3. The molecule has 300 valence electrons. The normalized spacial score (nSPS) is 32.6. The van der Waals surface area contributed by atoms with E-state index in [0.29, 0.717) is 48.8 Å². The van der Waals surface area contributed by atoms with Crippen LogP contribution in [0, 0.1) is 29.1 Å². The Bertz CT molecular complexity index is 1510. The number of rotatable bonds is 8. The van der Waals surface area contributed by atoms with Crippen molar-refractivity contribution in [3.05, 3.63) is 47.4 Å². The SMILES string of the molecule is CN1CCN(CC2CCN(CCCC3Cc4cc(O)ccc4C4CCC5(C)C(O)CCC5C34)CC2)CC1.FC(F)(F)c1cncc(NC2CCCOC2)n1. The first-order valence-corrected chi connectivity index (χ1v) is 20.8. The van der Waals surface area contributed by atoms with Gasteiger partial charge in [0.25, 0.3) is 0 Å². The Kier molecular flexibility index (Phi) is 12.7. The number of aliphatic hydroxyl groups excluding tert-OH is 1. The Hall–Kier alpha value is -2.51. The van der Waals surface area contributed by atoms with Gasteiger partial charge in [0, 0.05) is 39.3 Å². The lowest BCUT2D eigenvalue weighted by Gasteiger charge is -2.53. The number of nitrogens with one attached hydrogen (secondary N) is 1. The predicted molar refractivity (Wildman–Crippen MR) is 204 cm³/mol. The first kappa shape index (κ1) is 39.7. The summed E-state index contributed by atoms with van der Waals surface area (Å²) in [7, 11) is 2.25. The number of benzene rings is 1. The fraction of sp³-hybridized carbons (Fsp3) is 0.762. The average molecular weight is 757 g/mol. The molecule has 0 amide bonds. The second kappa shape index (κ2) is 17.3. The van der Waals surface area contributed by atoms with Gasteiger partial charge in [0.05, 0.1) is 31.1 Å². The number of aromatic hydroxyl groups is 1. The van der Waals surface area contributed by atoms with Crippen LogP contribution in [-0.2, 0) is 17.3 Å². The van der Waals surface area contributed by atoms with Crippen LogP contribution in [0.15, 0.2) is 30.6 Å². The molecule has 3 aliphatic heterocycles. The second-order valence-electron chi connectivity index (χ2n) is 17.7. The third kappa shape index (κ3) is 9.36. The lowest BCUT2D eigenvalue weighted by molar-refractivity contribution is -0.141. The van der Waals surface area contributed by atoms with E-state index in [-0.39, 0.29) is 23.4 Å². The van der Waals surface area contributed by atoms with Crippen molar-refractivity contribution in [1.29, 1.82) is 0 Å². The van der Waals surface area contributed by atoms with Gasteiger partial charge in [0.15, 0.2) is 5.69 Å². The number of nitrogens with zero attached hydrogens (tertiary/aromatic N) is 5. The van der Waals surface area contributed by atoms with Gasteiger partial charge in [-0.05, 0) is 156 Å². The first-order valence-electron chi connectivity index (χ1n) is 20.8. The van der Waals surface area contributed by atoms with Gasteiger partial charge in [-0.3, -0.25) is 4.98 Å². The molecule has 8 rings (SSSR count). The smallest absolute Gasteiger partial charge is 0.434 e. The van der Waals surface area contributed by atoms with E-state index in [9.17, 15) is 23.4 Å². The molecule has 2 aromatic rings. The van der Waals surface area contributed by atoms with Gasteiger partial charge in [-0.1, -0.05) is 13.0 Å². The molecular weight excluding hydrogens is 693 g/mol. The molecule has 1 aromatic carbocycles. The van der Waals surface area contributed by atoms with E-state index in [0.717, 1.165) is 38.0 Å². The number of anilines is 1. The molecule has 4 heterocycles. The maximum atomic E-state index is 12.4. The fourth-order valence-electron chi connectivity index (χ4n) is 11.0. The summed E-state index contributed by atoms with van der Waals surface area (Å²) in [6.07, 6.45) is 10.1. The summed E-state index contributed by atoms with van der Waals surface area (Å²) >= 11 is 0. The van der Waals surface area contributed by atoms with Gasteiger partial charge >= 0.3 is 6.18 Å². The molecule has 9 nitrogen and oxygen atoms in total. The number of piperazine rings is 1. The van der Waals surface area contributed by atoms with Crippen molar-refractivity contribution in [1.82, 2.24) is 24.7 Å². The van der Waals surface area contributed by atoms with Gasteiger partial charge in [-0.25, -0.2) is 4.98 Å². The summed E-state index contributed by atoms with van der Waals surface area (Å²) in [5.74, 6) is 4.09. The molecular formula is C42H63F3N6O3. The largest absolute Gasteiger partial charge is 0.508 e. The molecule has 7 atom stereocenters. The summed E-state index contributed by atoms with van der Waals surface area (Å²) in [4.78, 5) is 14.9. The summed E-state index contributed by atoms with van der Waals surface area (Å²) in [5.41, 5.74) is 2.03. The number of phenolic OH excluding ortho intramolecular Hbond substituents is 1. The number of fused-ring (bicyclic) bond motifs is 5. The quantitative estimate of drug-likeness (QED) is 0.273. The van der Waals surface area contributed by atoms with E-state index in [4.69, 9.17) is 4.74 Å². The zero-order valence-corrected chi connectivity index (χ0v) is 32.5. The monoisotopic (exact) mass is 756 g/mol. The van der Waals surface area contributed by atoms with Crippen LogP contribution >= 0.6 is 0 Å². The van der Waals surface area contributed by atoms with Crippen molar-refractivity contribution >= 4 is 5.82 Å². The van der Waals surface area contributed by atoms with Crippen LogP contribution in [0.25, 0.3) is 0 Å². The van der Waals surface area contributed by atoms with Crippen LogP contribution in [0.1, 0.15) is 93.9 Å². The standard InChI is InChI=1S/C32H51N3O2.C10H12F3N3O/c1-32-12-9-28-27-6-5-26(36)21-25(27)20-24(31(28)29(32)7-8-30(32)37)4-3-13-34-14-10-23(11-15-34)22-35-18-16-33(2)17-19-35;11-10(12,13)8-4-14-5-9(16-8)15-7-2-1-3-17-6-7/h5-6,21,23-24,28-31,36-37H,3-4,7-20,22H2,1-2H3;4-5,7H,1-3,6H2,(H,15,16). The van der Waals surface area contributed by atoms with E-state index in [1.54, 1.807) is 0 Å². The Morgan fingerprint density at radius 2 is 1.78 bits per heavy atom. The number of ether oxygens (including phenoxy) is 1. The molecule has 54 heavy (non-hydrogen) atoms. The lowest BCUT2D eigenvalue weighted by atomic mass is 9.52. The molecule has 0 bridgehead atoms. The van der Waals surface area contributed by atoms with Crippen LogP contribution in [-0.4, -0.2) is 120 Å². The molecule has 3 saturated heterocycles. The highest BCUT2D eigenvalue weighted by Crippen LogP contribution is 2.62. The van der Waals surface area contributed by atoms with Crippen molar-refractivity contribution < 1.29 is 28.1 Å². The minimum Gasteiger partial charge on any atom is -0.508 e. The van der Waals surface area contributed by atoms with Crippen LogP contribution in [0.2, 0.25) is 0 Å². The zero-order valence-electron chi connectivity index (χ0n) is 32.5. The number of aliphatic hydroxyl groups is 1. The number of halogens is 3. The maximum Gasteiger partial charge on any atom is 0.434 e. The molecule has 12 heteroatoms. The average Bonchev–Trinajstić information content (AvgIpc) is 3.47. The number of likely N-dealkylation sites (tertiary alicyclic amines) is 1. The molecule has 0 radical (unpaired) electrons. The third-order valence-electron chi connectivity index (χ3n) is 14.1. The summed E-state index contributed by atoms with van der Waals surface area (Å²) in [6.45, 7) is 13.6. The second-order valence-corrected chi connectivity index (χ2v) is 17.7. The van der Waals surface area contributed by atoms with Crippen molar-refractivity contribution in [2.75, 3.05) is 77.9 Å². The summed E-state index contributed by atoms with van der Waals surface area (Å²) in [6, 6.07) is 6.18. The van der Waals surface area contributed by atoms with Crippen molar-refractivity contribution in [2.45, 2.75) is 102 Å². The Morgan fingerprint density at radius 3 is 2.52 bits per heavy atom. The molecule has 1 aromatic heterocycles. The van der Waals surface area contributed by atoms with E-state index in [1.165, 1.54) is 108 Å². The van der Waals surface area contributed by atoms with E-state index >= 15 is 0 Å². The summed E-state index contributed by atoms with van der Waals surface area (Å²) in [5, 5.41) is 24.1. The van der Waals surface area contributed by atoms with Crippen molar-refractivity contribution in [3.8, 4) is 5.75 Å². The fourth-order valence-corrected chi connectivity index (χ4v) is 11.0.